The van der Waals surface area contributed by atoms with Crippen molar-refractivity contribution in [2.45, 2.75) is 13.1 Å². The van der Waals surface area contributed by atoms with Crippen LogP contribution in [0.2, 0.25) is 5.02 Å². The lowest BCUT2D eigenvalue weighted by Gasteiger charge is -2.03. The molecule has 1 rings (SSSR count). The second-order valence-electron chi connectivity index (χ2n) is 2.35. The molecule has 0 aliphatic rings. The molecule has 12 heavy (non-hydrogen) atoms. The lowest BCUT2D eigenvalue weighted by Crippen LogP contribution is -1.91. The number of alkyl halides is 1. The van der Waals surface area contributed by atoms with Crippen LogP contribution in [0, 0.1) is 11.3 Å². The molecule has 0 amide bonds. The monoisotopic (exact) mass is 183 g/mol. The Balaban J connectivity index is 3.11. The molecule has 0 radical (unpaired) electrons. The average Bonchev–Trinajstić information content (AvgIpc) is 2.05. The molecule has 3 heteroatoms. The lowest BCUT2D eigenvalue weighted by molar-refractivity contribution is 0.483. The highest BCUT2D eigenvalue weighted by atomic mass is 35.5. The number of hydrogen-bond acceptors (Lipinski definition) is 1. The molecule has 0 aliphatic heterocycles. The molecule has 1 aromatic rings. The van der Waals surface area contributed by atoms with Crippen LogP contribution in [-0.2, 0) is 13.1 Å². The van der Waals surface area contributed by atoms with E-state index in [2.05, 4.69) is 0 Å². The van der Waals surface area contributed by atoms with Crippen molar-refractivity contribution in [1.82, 2.24) is 0 Å². The number of halogens is 2. The highest BCUT2D eigenvalue weighted by molar-refractivity contribution is 6.31. The smallest absolute Gasteiger partial charge is 0.116 e. The molecule has 0 saturated heterocycles. The Morgan fingerprint density at radius 2 is 2.25 bits per heavy atom. The van der Waals surface area contributed by atoms with Gasteiger partial charge < -0.3 is 0 Å². The fourth-order valence-electron chi connectivity index (χ4n) is 1.00. The Morgan fingerprint density at radius 3 is 2.83 bits per heavy atom. The fourth-order valence-corrected chi connectivity index (χ4v) is 1.25. The first-order valence-corrected chi connectivity index (χ1v) is 3.86. The summed E-state index contributed by atoms with van der Waals surface area (Å²) in [5.41, 5.74) is 1.10. The van der Waals surface area contributed by atoms with Crippen molar-refractivity contribution < 1.29 is 4.39 Å². The molecule has 0 atom stereocenters. The molecule has 0 saturated carbocycles. The first-order valence-electron chi connectivity index (χ1n) is 3.48. The summed E-state index contributed by atoms with van der Waals surface area (Å²) in [6.07, 6.45) is 0.208. The van der Waals surface area contributed by atoms with Gasteiger partial charge in [0.2, 0.25) is 0 Å². The maximum atomic E-state index is 12.4. The van der Waals surface area contributed by atoms with Gasteiger partial charge in [-0.15, -0.1) is 0 Å². The zero-order valence-electron chi connectivity index (χ0n) is 6.35. The third kappa shape index (κ3) is 1.75. The summed E-state index contributed by atoms with van der Waals surface area (Å²) in [6, 6.07) is 7.01. The third-order valence-electron chi connectivity index (χ3n) is 1.62. The SMILES string of the molecule is N#CCc1cccc(Cl)c1CF. The van der Waals surface area contributed by atoms with Gasteiger partial charge in [0.05, 0.1) is 12.5 Å². The van der Waals surface area contributed by atoms with Gasteiger partial charge in [0.15, 0.2) is 0 Å². The van der Waals surface area contributed by atoms with Crippen LogP contribution in [-0.4, -0.2) is 0 Å². The average molecular weight is 184 g/mol. The summed E-state index contributed by atoms with van der Waals surface area (Å²) >= 11 is 5.72. The molecule has 0 spiro atoms. The zero-order valence-corrected chi connectivity index (χ0v) is 7.11. The first kappa shape index (κ1) is 9.02. The van der Waals surface area contributed by atoms with Gasteiger partial charge in [-0.05, 0) is 11.6 Å². The lowest BCUT2D eigenvalue weighted by atomic mass is 10.1. The second kappa shape index (κ2) is 4.08. The molecule has 0 aliphatic carbocycles. The van der Waals surface area contributed by atoms with E-state index in [4.69, 9.17) is 16.9 Å². The normalized spacial score (nSPS) is 9.42. The van der Waals surface area contributed by atoms with Crippen molar-refractivity contribution in [3.63, 3.8) is 0 Å². The molecule has 1 aromatic carbocycles. The summed E-state index contributed by atoms with van der Waals surface area (Å²) < 4.78 is 12.4. The number of nitriles is 1. The highest BCUT2D eigenvalue weighted by Gasteiger charge is 2.05. The van der Waals surface area contributed by atoms with Gasteiger partial charge in [0, 0.05) is 10.6 Å². The van der Waals surface area contributed by atoms with Gasteiger partial charge in [-0.25, -0.2) is 4.39 Å². The van der Waals surface area contributed by atoms with Crippen molar-refractivity contribution in [2.24, 2.45) is 0 Å². The largest absolute Gasteiger partial charge is 0.246 e. The minimum atomic E-state index is -0.614. The molecule has 1 nitrogen and oxygen atoms in total. The topological polar surface area (TPSA) is 23.8 Å². The van der Waals surface area contributed by atoms with E-state index >= 15 is 0 Å². The van der Waals surface area contributed by atoms with E-state index in [9.17, 15) is 4.39 Å². The van der Waals surface area contributed by atoms with E-state index in [1.807, 2.05) is 6.07 Å². The van der Waals surface area contributed by atoms with Crippen LogP contribution in [0.1, 0.15) is 11.1 Å². The molecule has 0 N–H and O–H groups in total. The predicted molar refractivity (Wildman–Crippen MR) is 45.6 cm³/mol. The number of rotatable bonds is 2. The van der Waals surface area contributed by atoms with Crippen molar-refractivity contribution in [2.75, 3.05) is 0 Å². The fraction of sp³-hybridized carbons (Fsp3) is 0.222. The molecule has 0 bridgehead atoms. The van der Waals surface area contributed by atoms with Crippen molar-refractivity contribution in [3.05, 3.63) is 34.3 Å². The van der Waals surface area contributed by atoms with E-state index < -0.39 is 6.67 Å². The summed E-state index contributed by atoms with van der Waals surface area (Å²) in [4.78, 5) is 0. The Kier molecular flexibility index (Phi) is 3.07. The number of hydrogen-bond donors (Lipinski definition) is 0. The minimum absolute atomic E-state index is 0.208. The van der Waals surface area contributed by atoms with Crippen molar-refractivity contribution in [3.8, 4) is 6.07 Å². The van der Waals surface area contributed by atoms with Crippen LogP contribution >= 0.6 is 11.6 Å². The van der Waals surface area contributed by atoms with Crippen molar-refractivity contribution in [1.29, 1.82) is 5.26 Å². The van der Waals surface area contributed by atoms with Gasteiger partial charge in [-0.1, -0.05) is 23.7 Å². The van der Waals surface area contributed by atoms with Crippen LogP contribution in [0.4, 0.5) is 4.39 Å². The maximum Gasteiger partial charge on any atom is 0.116 e. The molecule has 0 unspecified atom stereocenters. The van der Waals surface area contributed by atoms with Gasteiger partial charge in [0.25, 0.3) is 0 Å². The molecule has 0 fully saturated rings. The molecular formula is C9H7ClFN. The Hall–Kier alpha value is -1.07. The van der Waals surface area contributed by atoms with Gasteiger partial charge in [0.1, 0.15) is 6.67 Å². The van der Waals surface area contributed by atoms with E-state index in [0.29, 0.717) is 16.1 Å². The minimum Gasteiger partial charge on any atom is -0.246 e. The maximum absolute atomic E-state index is 12.4. The number of benzene rings is 1. The second-order valence-corrected chi connectivity index (χ2v) is 2.75. The summed E-state index contributed by atoms with van der Waals surface area (Å²) in [7, 11) is 0. The summed E-state index contributed by atoms with van der Waals surface area (Å²) in [6.45, 7) is -0.614. The summed E-state index contributed by atoms with van der Waals surface area (Å²) in [5.74, 6) is 0. The molecular weight excluding hydrogens is 177 g/mol. The van der Waals surface area contributed by atoms with Gasteiger partial charge in [-0.3, -0.25) is 0 Å². The van der Waals surface area contributed by atoms with Crippen molar-refractivity contribution >= 4 is 11.6 Å². The zero-order chi connectivity index (χ0) is 8.97. The van der Waals surface area contributed by atoms with Crippen LogP contribution < -0.4 is 0 Å². The van der Waals surface area contributed by atoms with Crippen LogP contribution in [0.3, 0.4) is 0 Å². The Bertz CT molecular complexity index is 317. The quantitative estimate of drug-likeness (QED) is 0.692. The standard InChI is InChI=1S/C9H7ClFN/c10-9-3-1-2-7(4-5-12)8(9)6-11/h1-3H,4,6H2. The first-order chi connectivity index (χ1) is 5.79. The summed E-state index contributed by atoms with van der Waals surface area (Å²) in [5, 5.41) is 8.81. The molecule has 0 aromatic heterocycles. The van der Waals surface area contributed by atoms with Crippen LogP contribution in [0.15, 0.2) is 18.2 Å². The predicted octanol–water partition coefficient (Wildman–Crippen LogP) is 2.88. The van der Waals surface area contributed by atoms with E-state index in [0.717, 1.165) is 0 Å². The third-order valence-corrected chi connectivity index (χ3v) is 1.97. The van der Waals surface area contributed by atoms with Gasteiger partial charge >= 0.3 is 0 Å². The van der Waals surface area contributed by atoms with E-state index in [-0.39, 0.29) is 6.42 Å². The van der Waals surface area contributed by atoms with Gasteiger partial charge in [-0.2, -0.15) is 5.26 Å². The highest BCUT2D eigenvalue weighted by Crippen LogP contribution is 2.21. The Morgan fingerprint density at radius 1 is 1.50 bits per heavy atom. The van der Waals surface area contributed by atoms with E-state index in [1.165, 1.54) is 0 Å². The van der Waals surface area contributed by atoms with E-state index in [1.54, 1.807) is 18.2 Å². The Labute approximate surface area is 75.4 Å². The van der Waals surface area contributed by atoms with Crippen LogP contribution in [0.5, 0.6) is 0 Å². The number of nitrogens with zero attached hydrogens (tertiary/aromatic N) is 1. The molecule has 0 heterocycles. The van der Waals surface area contributed by atoms with Crippen LogP contribution in [0.25, 0.3) is 0 Å². The molecule has 62 valence electrons.